The van der Waals surface area contributed by atoms with Gasteiger partial charge in [0.25, 0.3) is 0 Å². The second kappa shape index (κ2) is 5.93. The number of hydrogen-bond donors (Lipinski definition) is 0. The molecule has 2 heterocycles. The van der Waals surface area contributed by atoms with Crippen LogP contribution in [-0.4, -0.2) is 26.4 Å². The van der Waals surface area contributed by atoms with Crippen LogP contribution in [0.15, 0.2) is 17.0 Å². The van der Waals surface area contributed by atoms with E-state index in [9.17, 15) is 4.79 Å². The number of halogens is 2. The van der Waals surface area contributed by atoms with Gasteiger partial charge in [-0.15, -0.1) is 0 Å². The Kier molecular flexibility index (Phi) is 4.17. The van der Waals surface area contributed by atoms with Crippen LogP contribution < -0.4 is 0 Å². The third-order valence-corrected chi connectivity index (χ3v) is 4.70. The fourth-order valence-electron chi connectivity index (χ4n) is 2.94. The van der Waals surface area contributed by atoms with Crippen LogP contribution in [0.3, 0.4) is 0 Å². The first-order chi connectivity index (χ1) is 10.1. The molecule has 0 atom stereocenters. The van der Waals surface area contributed by atoms with Gasteiger partial charge in [-0.2, -0.15) is 0 Å². The summed E-state index contributed by atoms with van der Waals surface area (Å²) in [6.45, 7) is 1.46. The molecule has 0 N–H and O–H groups in total. The number of nitrogens with zero attached hydrogens (tertiary/aromatic N) is 3. The smallest absolute Gasteiger partial charge is 0.302 e. The minimum absolute atomic E-state index is 0.0404. The number of carbonyl (C=O) groups is 1. The van der Waals surface area contributed by atoms with Crippen LogP contribution in [0.5, 0.6) is 0 Å². The number of imidazole rings is 1. The molecule has 7 heteroatoms. The van der Waals surface area contributed by atoms with Crippen molar-refractivity contribution in [2.75, 3.05) is 0 Å². The van der Waals surface area contributed by atoms with Crippen LogP contribution in [0.2, 0.25) is 5.15 Å². The molecular formula is C14H15BrClN3O2. The zero-order chi connectivity index (χ0) is 15.0. The number of rotatable bonds is 2. The fourth-order valence-corrected chi connectivity index (χ4v) is 3.86. The van der Waals surface area contributed by atoms with Crippen LogP contribution in [0.4, 0.5) is 0 Å². The van der Waals surface area contributed by atoms with Crippen molar-refractivity contribution in [3.05, 3.63) is 28.0 Å². The predicted octanol–water partition coefficient (Wildman–Crippen LogP) is 3.73. The summed E-state index contributed by atoms with van der Waals surface area (Å²) in [5.74, 6) is 1.13. The normalized spacial score (nSPS) is 22.4. The second-order valence-corrected chi connectivity index (χ2v) is 6.39. The van der Waals surface area contributed by atoms with Gasteiger partial charge in [0.05, 0.1) is 0 Å². The Morgan fingerprint density at radius 3 is 2.81 bits per heavy atom. The third kappa shape index (κ3) is 2.92. The van der Waals surface area contributed by atoms with E-state index >= 15 is 0 Å². The first-order valence-corrected chi connectivity index (χ1v) is 8.08. The summed E-state index contributed by atoms with van der Waals surface area (Å²) in [4.78, 5) is 19.7. The number of ether oxygens (including phenoxy) is 1. The molecule has 1 saturated carbocycles. The summed E-state index contributed by atoms with van der Waals surface area (Å²) in [5.41, 5.74) is 0.802. The summed E-state index contributed by atoms with van der Waals surface area (Å²) in [6.07, 6.45) is 7.24. The molecule has 0 unspecified atom stereocenters. The molecule has 1 aliphatic carbocycles. The van der Waals surface area contributed by atoms with Gasteiger partial charge >= 0.3 is 5.97 Å². The molecule has 0 aromatic carbocycles. The molecule has 3 rings (SSSR count). The van der Waals surface area contributed by atoms with Crippen LogP contribution in [0.25, 0.3) is 5.52 Å². The van der Waals surface area contributed by atoms with Gasteiger partial charge < -0.3 is 4.74 Å². The SMILES string of the molecule is CC(=O)O[C@H]1CC[C@H](c2nc(Br)c3c(Cl)nccn32)CC1. The van der Waals surface area contributed by atoms with Gasteiger partial charge in [0.15, 0.2) is 5.15 Å². The minimum Gasteiger partial charge on any atom is -0.463 e. The zero-order valence-electron chi connectivity index (χ0n) is 11.6. The van der Waals surface area contributed by atoms with Crippen molar-refractivity contribution < 1.29 is 9.53 Å². The predicted molar refractivity (Wildman–Crippen MR) is 82.5 cm³/mol. The molecular weight excluding hydrogens is 358 g/mol. The van der Waals surface area contributed by atoms with Crippen molar-refractivity contribution in [2.45, 2.75) is 44.6 Å². The first kappa shape index (κ1) is 14.8. The molecule has 2 aromatic heterocycles. The Morgan fingerprint density at radius 2 is 2.14 bits per heavy atom. The average Bonchev–Trinajstić information content (AvgIpc) is 2.78. The molecule has 5 nitrogen and oxygen atoms in total. The molecule has 21 heavy (non-hydrogen) atoms. The molecule has 0 amide bonds. The van der Waals surface area contributed by atoms with Crippen molar-refractivity contribution in [1.82, 2.24) is 14.4 Å². The number of carbonyl (C=O) groups excluding carboxylic acids is 1. The largest absolute Gasteiger partial charge is 0.463 e. The standard InChI is InChI=1S/C14H15BrClN3O2/c1-8(20)21-10-4-2-9(3-5-10)14-18-12(15)11-13(16)17-6-7-19(11)14/h6-7,9-10H,2-5H2,1H3/t9-,10-. The Hall–Kier alpha value is -1.14. The lowest BCUT2D eigenvalue weighted by Gasteiger charge is -2.27. The molecule has 0 spiro atoms. The lowest BCUT2D eigenvalue weighted by molar-refractivity contribution is -0.147. The van der Waals surface area contributed by atoms with Gasteiger partial charge in [-0.05, 0) is 41.6 Å². The van der Waals surface area contributed by atoms with E-state index in [1.54, 1.807) is 6.20 Å². The highest BCUT2D eigenvalue weighted by Gasteiger charge is 2.28. The molecule has 0 aliphatic heterocycles. The Labute approximate surface area is 135 Å². The Balaban J connectivity index is 1.83. The van der Waals surface area contributed by atoms with E-state index in [0.29, 0.717) is 11.1 Å². The van der Waals surface area contributed by atoms with E-state index in [4.69, 9.17) is 16.3 Å². The van der Waals surface area contributed by atoms with E-state index in [1.165, 1.54) is 6.92 Å². The second-order valence-electron chi connectivity index (χ2n) is 5.28. The number of esters is 1. The molecule has 2 aromatic rings. The minimum atomic E-state index is -0.203. The van der Waals surface area contributed by atoms with Crippen LogP contribution in [0.1, 0.15) is 44.3 Å². The van der Waals surface area contributed by atoms with Gasteiger partial charge in [-0.1, -0.05) is 11.6 Å². The summed E-state index contributed by atoms with van der Waals surface area (Å²) in [5, 5.41) is 0.441. The average molecular weight is 373 g/mol. The maximum atomic E-state index is 11.0. The molecule has 0 saturated heterocycles. The van der Waals surface area contributed by atoms with E-state index in [2.05, 4.69) is 25.9 Å². The highest BCUT2D eigenvalue weighted by Crippen LogP contribution is 2.36. The lowest BCUT2D eigenvalue weighted by Crippen LogP contribution is -2.23. The number of fused-ring (bicyclic) bond motifs is 1. The molecule has 0 radical (unpaired) electrons. The van der Waals surface area contributed by atoms with Crippen LogP contribution in [-0.2, 0) is 9.53 Å². The van der Waals surface area contributed by atoms with Crippen molar-refractivity contribution in [3.63, 3.8) is 0 Å². The number of hydrogen-bond acceptors (Lipinski definition) is 4. The van der Waals surface area contributed by atoms with Crippen molar-refractivity contribution in [1.29, 1.82) is 0 Å². The molecule has 112 valence electrons. The topological polar surface area (TPSA) is 56.5 Å². The summed E-state index contributed by atoms with van der Waals surface area (Å²) < 4.78 is 8.00. The summed E-state index contributed by atoms with van der Waals surface area (Å²) in [6, 6.07) is 0. The maximum absolute atomic E-state index is 11.0. The quantitative estimate of drug-likeness (QED) is 0.754. The third-order valence-electron chi connectivity index (χ3n) is 3.87. The van der Waals surface area contributed by atoms with E-state index in [1.807, 2.05) is 10.6 Å². The molecule has 0 bridgehead atoms. The Morgan fingerprint density at radius 1 is 1.43 bits per heavy atom. The molecule has 1 fully saturated rings. The van der Waals surface area contributed by atoms with Crippen molar-refractivity contribution >= 4 is 39.0 Å². The Bertz CT molecular complexity index is 680. The zero-order valence-corrected chi connectivity index (χ0v) is 13.9. The summed E-state index contributed by atoms with van der Waals surface area (Å²) in [7, 11) is 0. The first-order valence-electron chi connectivity index (χ1n) is 6.91. The van der Waals surface area contributed by atoms with Gasteiger partial charge in [0.1, 0.15) is 22.0 Å². The summed E-state index contributed by atoms with van der Waals surface area (Å²) >= 11 is 9.59. The monoisotopic (exact) mass is 371 g/mol. The van der Waals surface area contributed by atoms with Gasteiger partial charge in [-0.25, -0.2) is 9.97 Å². The van der Waals surface area contributed by atoms with Gasteiger partial charge in [-0.3, -0.25) is 9.20 Å². The highest BCUT2D eigenvalue weighted by molar-refractivity contribution is 9.10. The maximum Gasteiger partial charge on any atom is 0.302 e. The van der Waals surface area contributed by atoms with Crippen LogP contribution >= 0.6 is 27.5 Å². The van der Waals surface area contributed by atoms with E-state index in [-0.39, 0.29) is 12.1 Å². The highest BCUT2D eigenvalue weighted by atomic mass is 79.9. The molecule has 1 aliphatic rings. The lowest BCUT2D eigenvalue weighted by atomic mass is 9.87. The van der Waals surface area contributed by atoms with Crippen molar-refractivity contribution in [3.8, 4) is 0 Å². The van der Waals surface area contributed by atoms with Crippen molar-refractivity contribution in [2.24, 2.45) is 0 Å². The number of aromatic nitrogens is 3. The van der Waals surface area contributed by atoms with E-state index in [0.717, 1.165) is 41.6 Å². The van der Waals surface area contributed by atoms with Gasteiger partial charge in [0, 0.05) is 25.2 Å². The fraction of sp³-hybridized carbons (Fsp3) is 0.500. The van der Waals surface area contributed by atoms with Crippen LogP contribution in [0, 0.1) is 0 Å². The van der Waals surface area contributed by atoms with Gasteiger partial charge in [0.2, 0.25) is 0 Å². The van der Waals surface area contributed by atoms with E-state index < -0.39 is 0 Å².